The molecule has 0 fully saturated rings. The average molecular weight is 455 g/mol. The summed E-state index contributed by atoms with van der Waals surface area (Å²) < 4.78 is 39.3. The first kappa shape index (κ1) is 20.8. The number of carbonyl (C=O) groups excluding carboxylic acids is 1. The summed E-state index contributed by atoms with van der Waals surface area (Å²) in [7, 11) is 0. The lowest BCUT2D eigenvalue weighted by atomic mass is 9.85. The van der Waals surface area contributed by atoms with E-state index < -0.39 is 36.4 Å². The van der Waals surface area contributed by atoms with Gasteiger partial charge in [-0.3, -0.25) is 14.3 Å². The number of carbonyl (C=O) groups is 2. The molecule has 2 aromatic heterocycles. The number of aryl methyl sites for hydroxylation is 1. The van der Waals surface area contributed by atoms with Crippen LogP contribution in [0.25, 0.3) is 22.4 Å². The maximum absolute atomic E-state index is 12.7. The monoisotopic (exact) mass is 454 g/mol. The number of amides is 1. The molecule has 13 heteroatoms. The molecule has 31 heavy (non-hydrogen) atoms. The molecule has 0 aliphatic carbocycles. The van der Waals surface area contributed by atoms with Gasteiger partial charge in [-0.15, -0.1) is 0 Å². The highest BCUT2D eigenvalue weighted by Gasteiger charge is 2.52. The molecule has 1 aliphatic rings. The summed E-state index contributed by atoms with van der Waals surface area (Å²) in [5, 5.41) is 16.8. The van der Waals surface area contributed by atoms with Crippen molar-refractivity contribution in [2.24, 2.45) is 0 Å². The number of aliphatic carboxylic acids is 1. The van der Waals surface area contributed by atoms with Crippen molar-refractivity contribution in [1.29, 1.82) is 0 Å². The summed E-state index contributed by atoms with van der Waals surface area (Å²) in [6, 6.07) is 4.55. The van der Waals surface area contributed by atoms with E-state index >= 15 is 0 Å². The van der Waals surface area contributed by atoms with Gasteiger partial charge in [0.1, 0.15) is 17.3 Å². The van der Waals surface area contributed by atoms with Crippen LogP contribution < -0.4 is 11.1 Å². The van der Waals surface area contributed by atoms with E-state index in [1.54, 1.807) is 6.07 Å². The number of alkyl halides is 3. The van der Waals surface area contributed by atoms with Gasteiger partial charge in [0.05, 0.1) is 24.0 Å². The molecule has 0 spiro atoms. The second-order valence-electron chi connectivity index (χ2n) is 7.14. The highest BCUT2D eigenvalue weighted by Crippen LogP contribution is 2.41. The van der Waals surface area contributed by atoms with Gasteiger partial charge in [0.25, 0.3) is 0 Å². The minimum Gasteiger partial charge on any atom is -0.480 e. The number of nitrogens with one attached hydrogen (secondary N) is 1. The zero-order valence-electron chi connectivity index (χ0n) is 15.8. The van der Waals surface area contributed by atoms with E-state index in [4.69, 9.17) is 17.3 Å². The molecule has 1 unspecified atom stereocenters. The number of nitrogens with zero attached hydrogens (tertiary/aromatic N) is 4. The molecule has 1 atom stereocenters. The van der Waals surface area contributed by atoms with E-state index in [1.807, 2.05) is 0 Å². The molecule has 0 radical (unpaired) electrons. The van der Waals surface area contributed by atoms with E-state index in [2.05, 4.69) is 20.4 Å². The largest absolute Gasteiger partial charge is 0.480 e. The van der Waals surface area contributed by atoms with Crippen LogP contribution in [0.3, 0.4) is 0 Å². The molecule has 1 aromatic carbocycles. The minimum absolute atomic E-state index is 0.0794. The summed E-state index contributed by atoms with van der Waals surface area (Å²) >= 11 is 6.00. The first-order valence-electron chi connectivity index (χ1n) is 8.88. The number of nitrogen functional groups attached to an aromatic ring is 1. The Balaban J connectivity index is 1.87. The molecular formula is C18H14ClF3N6O3. The first-order chi connectivity index (χ1) is 14.4. The molecule has 162 valence electrons. The van der Waals surface area contributed by atoms with Crippen molar-refractivity contribution < 1.29 is 27.9 Å². The van der Waals surface area contributed by atoms with Crippen LogP contribution in [0.5, 0.6) is 0 Å². The summed E-state index contributed by atoms with van der Waals surface area (Å²) in [5.41, 5.74) is 4.35. The first-order valence-corrected chi connectivity index (χ1v) is 9.25. The molecule has 1 amide bonds. The van der Waals surface area contributed by atoms with Crippen molar-refractivity contribution in [3.8, 4) is 11.5 Å². The van der Waals surface area contributed by atoms with Crippen LogP contribution in [0, 0.1) is 0 Å². The Kier molecular flexibility index (Phi) is 4.58. The zero-order valence-corrected chi connectivity index (χ0v) is 16.5. The predicted octanol–water partition coefficient (Wildman–Crippen LogP) is 2.98. The van der Waals surface area contributed by atoms with E-state index in [1.165, 1.54) is 19.1 Å². The Labute approximate surface area is 177 Å². The second-order valence-corrected chi connectivity index (χ2v) is 7.58. The van der Waals surface area contributed by atoms with Crippen LogP contribution in [0.15, 0.2) is 18.2 Å². The van der Waals surface area contributed by atoms with Crippen molar-refractivity contribution in [2.45, 2.75) is 31.5 Å². The van der Waals surface area contributed by atoms with Crippen molar-refractivity contribution >= 4 is 46.0 Å². The number of rotatable bonds is 4. The number of nitrogens with two attached hydrogens (primary N) is 1. The SMILES string of the molecule is CC1(C(=O)O)C(=O)Nc2nc(-c3nn(CCC(F)(F)F)c4cc(Cl)ccc34)nc(N)c21. The minimum atomic E-state index is -4.39. The third kappa shape index (κ3) is 3.32. The average Bonchev–Trinajstić information content (AvgIpc) is 3.15. The molecule has 4 N–H and O–H groups in total. The maximum atomic E-state index is 12.7. The second kappa shape index (κ2) is 6.80. The summed E-state index contributed by atoms with van der Waals surface area (Å²) in [5.74, 6) is -2.69. The van der Waals surface area contributed by atoms with Crippen LogP contribution in [0.2, 0.25) is 5.02 Å². The van der Waals surface area contributed by atoms with Crippen LogP contribution in [0.1, 0.15) is 18.9 Å². The Hall–Kier alpha value is -3.41. The number of hydrogen-bond donors (Lipinski definition) is 3. The van der Waals surface area contributed by atoms with E-state index in [0.717, 1.165) is 4.68 Å². The Bertz CT molecular complexity index is 1260. The number of benzene rings is 1. The Morgan fingerprint density at radius 1 is 1.35 bits per heavy atom. The maximum Gasteiger partial charge on any atom is 0.390 e. The third-order valence-electron chi connectivity index (χ3n) is 5.08. The fraction of sp³-hybridized carbons (Fsp3) is 0.278. The van der Waals surface area contributed by atoms with Crippen molar-refractivity contribution in [1.82, 2.24) is 19.7 Å². The molecule has 0 saturated heterocycles. The van der Waals surface area contributed by atoms with E-state index in [-0.39, 0.29) is 28.7 Å². The number of carboxylic acid groups (broad SMARTS) is 1. The summed E-state index contributed by atoms with van der Waals surface area (Å²) in [6.45, 7) is 0.716. The van der Waals surface area contributed by atoms with E-state index in [0.29, 0.717) is 15.9 Å². The smallest absolute Gasteiger partial charge is 0.390 e. The fourth-order valence-electron chi connectivity index (χ4n) is 3.43. The van der Waals surface area contributed by atoms with Gasteiger partial charge < -0.3 is 16.2 Å². The molecule has 0 bridgehead atoms. The van der Waals surface area contributed by atoms with Crippen molar-refractivity contribution in [3.05, 3.63) is 28.8 Å². The lowest BCUT2D eigenvalue weighted by molar-refractivity contribution is -0.146. The Morgan fingerprint density at radius 2 is 2.06 bits per heavy atom. The van der Waals surface area contributed by atoms with Crippen LogP contribution >= 0.6 is 11.6 Å². The van der Waals surface area contributed by atoms with Gasteiger partial charge in [-0.1, -0.05) is 11.6 Å². The van der Waals surface area contributed by atoms with Gasteiger partial charge in [-0.25, -0.2) is 9.97 Å². The molecular weight excluding hydrogens is 441 g/mol. The number of carboxylic acids is 1. The van der Waals surface area contributed by atoms with Gasteiger partial charge in [-0.2, -0.15) is 18.3 Å². The summed E-state index contributed by atoms with van der Waals surface area (Å²) in [6.07, 6.45) is -5.51. The quantitative estimate of drug-likeness (QED) is 0.515. The molecule has 3 heterocycles. The van der Waals surface area contributed by atoms with Gasteiger partial charge in [0.15, 0.2) is 11.2 Å². The van der Waals surface area contributed by atoms with Crippen LogP contribution in [-0.2, 0) is 21.5 Å². The summed E-state index contributed by atoms with van der Waals surface area (Å²) in [4.78, 5) is 32.2. The van der Waals surface area contributed by atoms with E-state index in [9.17, 15) is 27.9 Å². The normalized spacial score (nSPS) is 18.3. The molecule has 4 rings (SSSR count). The van der Waals surface area contributed by atoms with Gasteiger partial charge in [0.2, 0.25) is 5.91 Å². The third-order valence-corrected chi connectivity index (χ3v) is 5.32. The highest BCUT2D eigenvalue weighted by molar-refractivity contribution is 6.31. The molecule has 1 aliphatic heterocycles. The number of fused-ring (bicyclic) bond motifs is 2. The number of aromatic nitrogens is 4. The van der Waals surface area contributed by atoms with Crippen LogP contribution in [-0.4, -0.2) is 42.9 Å². The van der Waals surface area contributed by atoms with Gasteiger partial charge in [0, 0.05) is 10.4 Å². The molecule has 0 saturated carbocycles. The lowest BCUT2D eigenvalue weighted by Gasteiger charge is -2.16. The highest BCUT2D eigenvalue weighted by atomic mass is 35.5. The topological polar surface area (TPSA) is 136 Å². The lowest BCUT2D eigenvalue weighted by Crippen LogP contribution is -2.39. The van der Waals surface area contributed by atoms with Crippen molar-refractivity contribution in [3.63, 3.8) is 0 Å². The number of halogens is 4. The number of hydrogen-bond acceptors (Lipinski definition) is 6. The number of anilines is 2. The van der Waals surface area contributed by atoms with Crippen molar-refractivity contribution in [2.75, 3.05) is 11.1 Å². The standard InChI is InChI=1S/C18H14ClF3N6O3/c1-17(16(30)31)10-12(23)24-14(25-13(10)26-15(17)29)11-8-3-2-7(19)6-9(8)28(27-11)5-4-18(20,21)22/h2-3,6H,4-5H2,1H3,(H,30,31)(H3,23,24,25,26,29). The molecule has 9 nitrogen and oxygen atoms in total. The predicted molar refractivity (Wildman–Crippen MR) is 104 cm³/mol. The van der Waals surface area contributed by atoms with Crippen LogP contribution in [0.4, 0.5) is 24.8 Å². The Morgan fingerprint density at radius 3 is 2.71 bits per heavy atom. The van der Waals surface area contributed by atoms with Gasteiger partial charge in [-0.05, 0) is 25.1 Å². The van der Waals surface area contributed by atoms with Gasteiger partial charge >= 0.3 is 12.1 Å². The fourth-order valence-corrected chi connectivity index (χ4v) is 3.60. The zero-order chi connectivity index (χ0) is 22.7. The molecule has 3 aromatic rings.